The number of methoxy groups -OCH3 is 1. The highest BCUT2D eigenvalue weighted by molar-refractivity contribution is 5.76. The molecular formula is C26H28O4. The van der Waals surface area contributed by atoms with Crippen molar-refractivity contribution in [3.63, 3.8) is 0 Å². The van der Waals surface area contributed by atoms with E-state index >= 15 is 0 Å². The highest BCUT2D eigenvalue weighted by Gasteiger charge is 2.12. The van der Waals surface area contributed by atoms with Crippen LogP contribution in [0.4, 0.5) is 0 Å². The number of benzene rings is 3. The molecule has 0 spiro atoms. The highest BCUT2D eigenvalue weighted by Crippen LogP contribution is 2.33. The molecule has 3 aromatic rings. The molecule has 30 heavy (non-hydrogen) atoms. The maximum atomic E-state index is 11.9. The quantitative estimate of drug-likeness (QED) is 0.516. The first-order chi connectivity index (χ1) is 14.5. The Hall–Kier alpha value is -3.11. The number of aliphatic hydroxyl groups excluding tert-OH is 1. The number of esters is 1. The third-order valence-electron chi connectivity index (χ3n) is 5.17. The molecule has 0 heterocycles. The van der Waals surface area contributed by atoms with Gasteiger partial charge in [-0.1, -0.05) is 42.5 Å². The number of hydrogen-bond acceptors (Lipinski definition) is 4. The monoisotopic (exact) mass is 404 g/mol. The maximum Gasteiger partial charge on any atom is 0.306 e. The molecule has 0 saturated heterocycles. The Morgan fingerprint density at radius 3 is 2.43 bits per heavy atom. The minimum Gasteiger partial charge on any atom is -0.497 e. The van der Waals surface area contributed by atoms with Crippen LogP contribution >= 0.6 is 0 Å². The summed E-state index contributed by atoms with van der Waals surface area (Å²) >= 11 is 0. The molecule has 0 atom stereocenters. The summed E-state index contributed by atoms with van der Waals surface area (Å²) in [5.41, 5.74) is 7.49. The SMILES string of the molecule is CCOC(=O)CCc1cc(OC)ccc1-c1ccc(-c2cccc(CO)c2)c(C)c1. The number of aliphatic hydroxyl groups is 1. The van der Waals surface area contributed by atoms with Gasteiger partial charge in [-0.05, 0) is 77.4 Å². The van der Waals surface area contributed by atoms with Gasteiger partial charge < -0.3 is 14.6 Å². The molecule has 0 bridgehead atoms. The average molecular weight is 405 g/mol. The molecule has 1 N–H and O–H groups in total. The standard InChI is InChI=1S/C26H28O4/c1-4-30-26(28)13-9-22-16-23(29-3)10-12-25(22)21-8-11-24(18(2)14-21)20-7-5-6-19(15-20)17-27/h5-8,10-12,14-16,27H,4,9,13,17H2,1-3H3. The van der Waals surface area contributed by atoms with Crippen LogP contribution in [0.3, 0.4) is 0 Å². The molecule has 0 radical (unpaired) electrons. The van der Waals surface area contributed by atoms with E-state index < -0.39 is 0 Å². The van der Waals surface area contributed by atoms with Gasteiger partial charge in [-0.2, -0.15) is 0 Å². The fraction of sp³-hybridized carbons (Fsp3) is 0.269. The van der Waals surface area contributed by atoms with Crippen molar-refractivity contribution in [2.75, 3.05) is 13.7 Å². The van der Waals surface area contributed by atoms with Crippen LogP contribution in [0, 0.1) is 6.92 Å². The molecule has 0 amide bonds. The van der Waals surface area contributed by atoms with Crippen molar-refractivity contribution in [1.29, 1.82) is 0 Å². The third kappa shape index (κ3) is 5.08. The molecule has 0 aliphatic heterocycles. The Morgan fingerprint density at radius 1 is 0.967 bits per heavy atom. The Morgan fingerprint density at radius 2 is 1.73 bits per heavy atom. The summed E-state index contributed by atoms with van der Waals surface area (Å²) in [6, 6.07) is 20.3. The lowest BCUT2D eigenvalue weighted by molar-refractivity contribution is -0.143. The molecule has 0 aromatic heterocycles. The summed E-state index contributed by atoms with van der Waals surface area (Å²) in [5, 5.41) is 9.42. The van der Waals surface area contributed by atoms with Gasteiger partial charge in [0.05, 0.1) is 20.3 Å². The van der Waals surface area contributed by atoms with Crippen molar-refractivity contribution in [3.05, 3.63) is 77.4 Å². The number of rotatable bonds is 8. The zero-order valence-corrected chi connectivity index (χ0v) is 17.8. The molecule has 0 fully saturated rings. The predicted octanol–water partition coefficient (Wildman–Crippen LogP) is 5.33. The molecule has 0 aliphatic rings. The summed E-state index contributed by atoms with van der Waals surface area (Å²) in [7, 11) is 1.64. The minimum absolute atomic E-state index is 0.0284. The predicted molar refractivity (Wildman–Crippen MR) is 119 cm³/mol. The van der Waals surface area contributed by atoms with Crippen molar-refractivity contribution in [2.45, 2.75) is 33.3 Å². The summed E-state index contributed by atoms with van der Waals surface area (Å²) in [4.78, 5) is 11.9. The van der Waals surface area contributed by atoms with Gasteiger partial charge >= 0.3 is 5.97 Å². The van der Waals surface area contributed by atoms with Crippen LogP contribution in [-0.2, 0) is 22.6 Å². The van der Waals surface area contributed by atoms with Crippen molar-refractivity contribution in [2.24, 2.45) is 0 Å². The molecule has 3 aromatic carbocycles. The Balaban J connectivity index is 1.94. The van der Waals surface area contributed by atoms with Crippen molar-refractivity contribution >= 4 is 5.97 Å². The van der Waals surface area contributed by atoms with E-state index in [1.807, 2.05) is 43.3 Å². The highest BCUT2D eigenvalue weighted by atomic mass is 16.5. The van der Waals surface area contributed by atoms with Gasteiger partial charge in [0.15, 0.2) is 0 Å². The zero-order valence-electron chi connectivity index (χ0n) is 17.8. The van der Waals surface area contributed by atoms with E-state index in [1.165, 1.54) is 0 Å². The lowest BCUT2D eigenvalue weighted by atomic mass is 9.92. The van der Waals surface area contributed by atoms with Gasteiger partial charge in [0.2, 0.25) is 0 Å². The zero-order chi connectivity index (χ0) is 21.5. The molecule has 0 unspecified atom stereocenters. The first-order valence-corrected chi connectivity index (χ1v) is 10.2. The fourth-order valence-corrected chi connectivity index (χ4v) is 3.65. The van der Waals surface area contributed by atoms with Crippen LogP contribution in [0.15, 0.2) is 60.7 Å². The van der Waals surface area contributed by atoms with Gasteiger partial charge in [-0.3, -0.25) is 4.79 Å². The van der Waals surface area contributed by atoms with E-state index in [0.717, 1.165) is 44.7 Å². The van der Waals surface area contributed by atoms with E-state index in [2.05, 4.69) is 31.2 Å². The molecular weight excluding hydrogens is 376 g/mol. The van der Waals surface area contributed by atoms with Gasteiger partial charge in [0.1, 0.15) is 5.75 Å². The number of ether oxygens (including phenoxy) is 2. The molecule has 3 rings (SSSR count). The van der Waals surface area contributed by atoms with Crippen LogP contribution < -0.4 is 4.74 Å². The van der Waals surface area contributed by atoms with Crippen LogP contribution in [-0.4, -0.2) is 24.8 Å². The average Bonchev–Trinajstić information content (AvgIpc) is 2.77. The summed E-state index contributed by atoms with van der Waals surface area (Å²) in [5.74, 6) is 0.577. The van der Waals surface area contributed by atoms with E-state index in [1.54, 1.807) is 7.11 Å². The maximum absolute atomic E-state index is 11.9. The first kappa shape index (κ1) is 21.6. The van der Waals surface area contributed by atoms with Crippen LogP contribution in [0.1, 0.15) is 30.0 Å². The topological polar surface area (TPSA) is 55.8 Å². The lowest BCUT2D eigenvalue weighted by Crippen LogP contribution is -2.06. The largest absolute Gasteiger partial charge is 0.497 e. The Bertz CT molecular complexity index is 1020. The van der Waals surface area contributed by atoms with Crippen LogP contribution in [0.25, 0.3) is 22.3 Å². The number of carbonyl (C=O) groups is 1. The summed E-state index contributed by atoms with van der Waals surface area (Å²) < 4.78 is 10.5. The van der Waals surface area contributed by atoms with E-state index in [4.69, 9.17) is 9.47 Å². The fourth-order valence-electron chi connectivity index (χ4n) is 3.65. The Labute approximate surface area is 178 Å². The second kappa shape index (κ2) is 10.1. The summed E-state index contributed by atoms with van der Waals surface area (Å²) in [6.45, 7) is 4.32. The van der Waals surface area contributed by atoms with E-state index in [9.17, 15) is 9.90 Å². The van der Waals surface area contributed by atoms with E-state index in [0.29, 0.717) is 19.4 Å². The smallest absolute Gasteiger partial charge is 0.306 e. The van der Waals surface area contributed by atoms with Crippen molar-refractivity contribution < 1.29 is 19.4 Å². The van der Waals surface area contributed by atoms with Crippen molar-refractivity contribution in [3.8, 4) is 28.0 Å². The normalized spacial score (nSPS) is 10.7. The second-order valence-corrected chi connectivity index (χ2v) is 7.22. The van der Waals surface area contributed by atoms with Crippen LogP contribution in [0.2, 0.25) is 0 Å². The first-order valence-electron chi connectivity index (χ1n) is 10.2. The third-order valence-corrected chi connectivity index (χ3v) is 5.17. The second-order valence-electron chi connectivity index (χ2n) is 7.22. The molecule has 4 nitrogen and oxygen atoms in total. The molecule has 0 aliphatic carbocycles. The van der Waals surface area contributed by atoms with Gasteiger partial charge in [0, 0.05) is 6.42 Å². The molecule has 156 valence electrons. The van der Waals surface area contributed by atoms with E-state index in [-0.39, 0.29) is 12.6 Å². The van der Waals surface area contributed by atoms with Crippen molar-refractivity contribution in [1.82, 2.24) is 0 Å². The summed E-state index contributed by atoms with van der Waals surface area (Å²) in [6.07, 6.45) is 0.920. The number of carbonyl (C=O) groups excluding carboxylic acids is 1. The minimum atomic E-state index is -0.193. The Kier molecular flexibility index (Phi) is 7.26. The van der Waals surface area contributed by atoms with Gasteiger partial charge in [-0.15, -0.1) is 0 Å². The number of aryl methyl sites for hydroxylation is 2. The molecule has 0 saturated carbocycles. The van der Waals surface area contributed by atoms with Crippen LogP contribution in [0.5, 0.6) is 5.75 Å². The van der Waals surface area contributed by atoms with Gasteiger partial charge in [0.25, 0.3) is 0 Å². The number of hydrogen-bond donors (Lipinski definition) is 1. The lowest BCUT2D eigenvalue weighted by Gasteiger charge is -2.14. The van der Waals surface area contributed by atoms with Gasteiger partial charge in [-0.25, -0.2) is 0 Å². The molecule has 4 heteroatoms.